The van der Waals surface area contributed by atoms with Gasteiger partial charge in [-0.15, -0.1) is 0 Å². The van der Waals surface area contributed by atoms with Crippen LogP contribution in [-0.2, 0) is 0 Å². The third-order valence-electron chi connectivity index (χ3n) is 5.05. The van der Waals surface area contributed by atoms with Crippen molar-refractivity contribution in [2.75, 3.05) is 11.9 Å². The maximum absolute atomic E-state index is 8.34. The van der Waals surface area contributed by atoms with Gasteiger partial charge < -0.3 is 21.5 Å². The first kappa shape index (κ1) is 22.1. The molecule has 0 saturated heterocycles. The van der Waals surface area contributed by atoms with E-state index >= 15 is 0 Å². The summed E-state index contributed by atoms with van der Waals surface area (Å²) in [4.78, 5) is 8.95. The maximum Gasteiger partial charge on any atom is 0.365 e. The van der Waals surface area contributed by atoms with Gasteiger partial charge in [-0.3, -0.25) is 0 Å². The summed E-state index contributed by atoms with van der Waals surface area (Å²) >= 11 is 0. The van der Waals surface area contributed by atoms with Gasteiger partial charge in [-0.25, -0.2) is 4.98 Å². The number of anilines is 1. The summed E-state index contributed by atoms with van der Waals surface area (Å²) < 4.78 is 0. The molecule has 154 valence electrons. The highest BCUT2D eigenvalue weighted by atomic mass is 16.3. The van der Waals surface area contributed by atoms with Crippen molar-refractivity contribution in [2.45, 2.75) is 71.6 Å². The van der Waals surface area contributed by atoms with E-state index in [1.165, 1.54) is 0 Å². The van der Waals surface area contributed by atoms with Crippen LogP contribution in [0, 0.1) is 0 Å². The Morgan fingerprint density at radius 1 is 1.14 bits per heavy atom. The Labute approximate surface area is 168 Å². The molecule has 0 aliphatic rings. The molecule has 0 spiro atoms. The van der Waals surface area contributed by atoms with Crippen LogP contribution >= 0.6 is 0 Å². The van der Waals surface area contributed by atoms with Gasteiger partial charge in [0.25, 0.3) is 0 Å². The molecule has 6 heteroatoms. The molecular formula is C22H36N5O+. The van der Waals surface area contributed by atoms with Crippen LogP contribution in [0.5, 0.6) is 0 Å². The molecule has 1 heterocycles. The van der Waals surface area contributed by atoms with Crippen LogP contribution in [0.4, 0.5) is 5.82 Å². The van der Waals surface area contributed by atoms with Crippen LogP contribution < -0.4 is 16.4 Å². The third-order valence-corrected chi connectivity index (χ3v) is 5.05. The number of hydrogen-bond acceptors (Lipinski definition) is 5. The van der Waals surface area contributed by atoms with E-state index < -0.39 is 6.17 Å². The van der Waals surface area contributed by atoms with Crippen molar-refractivity contribution >= 4 is 22.6 Å². The number of aromatic nitrogens is 1. The van der Waals surface area contributed by atoms with E-state index in [1.54, 1.807) is 6.92 Å². The van der Waals surface area contributed by atoms with Crippen molar-refractivity contribution in [3.63, 3.8) is 0 Å². The lowest BCUT2D eigenvalue weighted by Gasteiger charge is -2.23. The number of fused-ring (bicyclic) bond motifs is 1. The first-order valence-corrected chi connectivity index (χ1v) is 10.4. The van der Waals surface area contributed by atoms with E-state index in [9.17, 15) is 0 Å². The zero-order valence-electron chi connectivity index (χ0n) is 17.6. The Kier molecular flexibility index (Phi) is 8.67. The molecule has 28 heavy (non-hydrogen) atoms. The summed E-state index contributed by atoms with van der Waals surface area (Å²) in [5.74, 6) is 0.864. The summed E-state index contributed by atoms with van der Waals surface area (Å²) in [6, 6.07) is 10.9. The van der Waals surface area contributed by atoms with Crippen LogP contribution in [-0.4, -0.2) is 40.8 Å². The van der Waals surface area contributed by atoms with Crippen LogP contribution in [0.15, 0.2) is 35.3 Å². The molecule has 0 fully saturated rings. The van der Waals surface area contributed by atoms with Crippen LogP contribution in [0.3, 0.4) is 0 Å². The van der Waals surface area contributed by atoms with Crippen LogP contribution in [0.1, 0.15) is 58.9 Å². The van der Waals surface area contributed by atoms with Crippen molar-refractivity contribution in [3.8, 4) is 0 Å². The predicted octanol–water partition coefficient (Wildman–Crippen LogP) is 3.37. The highest BCUT2D eigenvalue weighted by molar-refractivity contribution is 6.01. The molecule has 0 bridgehead atoms. The number of nitrogens with zero attached hydrogens (tertiary/aromatic N) is 2. The van der Waals surface area contributed by atoms with Gasteiger partial charge in [-0.1, -0.05) is 39.0 Å². The highest BCUT2D eigenvalue weighted by Gasteiger charge is 2.17. The number of benzene rings is 1. The Morgan fingerprint density at radius 2 is 1.82 bits per heavy atom. The second-order valence-corrected chi connectivity index (χ2v) is 7.30. The minimum atomic E-state index is -0.416. The lowest BCUT2D eigenvalue weighted by atomic mass is 10.1. The van der Waals surface area contributed by atoms with E-state index in [2.05, 4.69) is 36.4 Å². The fourth-order valence-corrected chi connectivity index (χ4v) is 3.33. The first-order valence-electron chi connectivity index (χ1n) is 10.4. The molecule has 0 radical (unpaired) electrons. The molecular weight excluding hydrogens is 350 g/mol. The van der Waals surface area contributed by atoms with E-state index in [0.29, 0.717) is 23.5 Å². The van der Waals surface area contributed by atoms with E-state index in [4.69, 9.17) is 15.8 Å². The maximum atomic E-state index is 8.34. The van der Waals surface area contributed by atoms with Crippen molar-refractivity contribution < 1.29 is 5.11 Å². The van der Waals surface area contributed by atoms with Gasteiger partial charge in [0.15, 0.2) is 0 Å². The van der Waals surface area contributed by atoms with Crippen molar-refractivity contribution in [2.24, 2.45) is 10.7 Å². The smallest absolute Gasteiger partial charge is 0.365 e. The number of aliphatic imine (C=N–C) groups is 1. The monoisotopic (exact) mass is 386 g/mol. The van der Waals surface area contributed by atoms with E-state index in [0.717, 1.165) is 43.1 Å². The summed E-state index contributed by atoms with van der Waals surface area (Å²) in [7, 11) is 0. The highest BCUT2D eigenvalue weighted by Crippen LogP contribution is 2.21. The average Bonchev–Trinajstić information content (AvgIpc) is 2.69. The quantitative estimate of drug-likeness (QED) is 0.313. The normalized spacial score (nSPS) is 14.4. The summed E-state index contributed by atoms with van der Waals surface area (Å²) in [6.45, 7) is 9.23. The first-order chi connectivity index (χ1) is 13.5. The predicted molar refractivity (Wildman–Crippen MR) is 120 cm³/mol. The molecule has 0 aliphatic heterocycles. The molecule has 2 atom stereocenters. The van der Waals surface area contributed by atoms with Crippen molar-refractivity contribution in [1.29, 1.82) is 0 Å². The van der Waals surface area contributed by atoms with Crippen molar-refractivity contribution in [1.82, 2.24) is 10.3 Å². The van der Waals surface area contributed by atoms with E-state index in [-0.39, 0.29) is 5.90 Å². The van der Waals surface area contributed by atoms with Gasteiger partial charge in [0.1, 0.15) is 17.5 Å². The number of pyridine rings is 1. The summed E-state index contributed by atoms with van der Waals surface area (Å²) in [6.07, 6.45) is 3.96. The van der Waals surface area contributed by atoms with Gasteiger partial charge in [0.2, 0.25) is 0 Å². The molecule has 2 rings (SSSR count). The number of para-hydroxylation sites is 1. The number of rotatable bonds is 11. The van der Waals surface area contributed by atoms with Gasteiger partial charge in [-0.2, -0.15) is 4.99 Å². The lowest BCUT2D eigenvalue weighted by molar-refractivity contribution is 0.388. The summed E-state index contributed by atoms with van der Waals surface area (Å²) in [5.41, 5.74) is 7.37. The van der Waals surface area contributed by atoms with Crippen LogP contribution in [0.2, 0.25) is 0 Å². The fraction of sp³-hybridized carbons (Fsp3) is 0.545. The molecule has 0 saturated carbocycles. The second kappa shape index (κ2) is 11.0. The number of nitrogens with two attached hydrogens (primary N) is 1. The molecule has 6 nitrogen and oxygen atoms in total. The molecule has 6 N–H and O–H groups in total. The minimum Gasteiger partial charge on any atom is -0.578 e. The Bertz CT molecular complexity index is 771. The average molecular weight is 387 g/mol. The molecule has 1 aromatic heterocycles. The van der Waals surface area contributed by atoms with Crippen LogP contribution in [0.25, 0.3) is 10.9 Å². The molecule has 0 aliphatic carbocycles. The fourth-order valence-electron chi connectivity index (χ4n) is 3.33. The van der Waals surface area contributed by atoms with Gasteiger partial charge in [0, 0.05) is 24.0 Å². The zero-order chi connectivity index (χ0) is 20.5. The number of nitrogens with one attached hydrogen (secondary N) is 2. The van der Waals surface area contributed by atoms with Gasteiger partial charge in [0.05, 0.1) is 5.52 Å². The number of hydrogen-bond donors (Lipinski definition) is 3. The molecule has 2 aromatic rings. The Balaban J connectivity index is 2.17. The lowest BCUT2D eigenvalue weighted by Crippen LogP contribution is -2.38. The Hall–Kier alpha value is -2.18. The SMILES string of the molecule is CCC(CC)NC(CC)CCNc1nc2ccccc2cc1/C([OH2+])=N/C(C)N. The third kappa shape index (κ3) is 6.17. The molecule has 2 unspecified atom stereocenters. The van der Waals surface area contributed by atoms with E-state index in [1.807, 2.05) is 30.3 Å². The molecule has 0 amide bonds. The largest absolute Gasteiger partial charge is 0.578 e. The molecule has 1 aromatic carbocycles. The standard InChI is InChI=1S/C22H35N5O/c1-5-17(6-2)26-18(7-3)12-13-24-21-19(22(28)25-15(4)23)14-16-10-8-9-11-20(16)27-21/h8-11,14-15,17-18,26H,5-7,12-13,23H2,1-4H3,(H,24,27)(H,25,28)/p+1. The van der Waals surface area contributed by atoms with Crippen molar-refractivity contribution in [3.05, 3.63) is 35.9 Å². The summed E-state index contributed by atoms with van der Waals surface area (Å²) in [5, 5.41) is 16.5. The minimum absolute atomic E-state index is 0.165. The zero-order valence-corrected chi connectivity index (χ0v) is 17.6. The van der Waals surface area contributed by atoms with Gasteiger partial charge >= 0.3 is 5.90 Å². The second-order valence-electron chi connectivity index (χ2n) is 7.30. The van der Waals surface area contributed by atoms with Gasteiger partial charge in [-0.05, 0) is 44.7 Å². The Morgan fingerprint density at radius 3 is 2.46 bits per heavy atom. The topological polar surface area (TPSA) is 98.2 Å².